The van der Waals surface area contributed by atoms with E-state index in [-0.39, 0.29) is 6.03 Å². The third-order valence-electron chi connectivity index (χ3n) is 2.63. The van der Waals surface area contributed by atoms with Gasteiger partial charge in [0.05, 0.1) is 5.69 Å². The average Bonchev–Trinajstić information content (AvgIpc) is 2.39. The van der Waals surface area contributed by atoms with Gasteiger partial charge in [0.2, 0.25) is 0 Å². The van der Waals surface area contributed by atoms with Crippen LogP contribution in [0, 0.1) is 0 Å². The number of hydrogen-bond acceptors (Lipinski definition) is 1. The standard InChI is InChI=1S/C14H15BrN2O/c15-9-4-10-16-14(18)17-13-8-3-6-11-5-1-2-7-12(11)13/h1-3,5-8H,4,9-10H2,(H2,16,17,18). The molecule has 2 aromatic carbocycles. The van der Waals surface area contributed by atoms with Crippen molar-refractivity contribution in [2.45, 2.75) is 6.42 Å². The molecule has 0 aliphatic carbocycles. The minimum absolute atomic E-state index is 0.160. The van der Waals surface area contributed by atoms with Gasteiger partial charge in [0.15, 0.2) is 0 Å². The molecule has 94 valence electrons. The van der Waals surface area contributed by atoms with E-state index in [1.807, 2.05) is 42.5 Å². The number of benzene rings is 2. The lowest BCUT2D eigenvalue weighted by molar-refractivity contribution is 0.252. The molecule has 0 aliphatic rings. The number of carbonyl (C=O) groups excluding carboxylic acids is 1. The molecular formula is C14H15BrN2O. The maximum Gasteiger partial charge on any atom is 0.319 e. The van der Waals surface area contributed by atoms with Crippen molar-refractivity contribution in [2.24, 2.45) is 0 Å². The van der Waals surface area contributed by atoms with Gasteiger partial charge in [-0.1, -0.05) is 52.3 Å². The van der Waals surface area contributed by atoms with Crippen LogP contribution in [0.3, 0.4) is 0 Å². The molecule has 0 fully saturated rings. The average molecular weight is 307 g/mol. The Hall–Kier alpha value is -1.55. The first kappa shape index (κ1) is 12.9. The number of fused-ring (bicyclic) bond motifs is 1. The van der Waals surface area contributed by atoms with Gasteiger partial charge in [0.1, 0.15) is 0 Å². The summed E-state index contributed by atoms with van der Waals surface area (Å²) < 4.78 is 0. The number of anilines is 1. The Bertz CT molecular complexity index is 537. The molecule has 0 aromatic heterocycles. The van der Waals surface area contributed by atoms with Crippen LogP contribution in [0.5, 0.6) is 0 Å². The highest BCUT2D eigenvalue weighted by atomic mass is 79.9. The highest BCUT2D eigenvalue weighted by Crippen LogP contribution is 2.22. The van der Waals surface area contributed by atoms with Crippen molar-refractivity contribution in [1.29, 1.82) is 0 Å². The second kappa shape index (κ2) is 6.40. The number of hydrogen-bond donors (Lipinski definition) is 2. The fourth-order valence-corrected chi connectivity index (χ4v) is 2.05. The van der Waals surface area contributed by atoms with Crippen molar-refractivity contribution in [3.63, 3.8) is 0 Å². The molecule has 3 nitrogen and oxygen atoms in total. The van der Waals surface area contributed by atoms with Crippen LogP contribution in [0.25, 0.3) is 10.8 Å². The Balaban J connectivity index is 2.09. The number of amides is 2. The van der Waals surface area contributed by atoms with Gasteiger partial charge in [-0.15, -0.1) is 0 Å². The molecule has 0 radical (unpaired) electrons. The summed E-state index contributed by atoms with van der Waals surface area (Å²) in [5, 5.41) is 8.76. The molecule has 2 N–H and O–H groups in total. The first-order valence-corrected chi connectivity index (χ1v) is 7.02. The Kier molecular flexibility index (Phi) is 4.59. The Morgan fingerprint density at radius 2 is 1.89 bits per heavy atom. The third kappa shape index (κ3) is 3.23. The van der Waals surface area contributed by atoms with Crippen molar-refractivity contribution in [3.8, 4) is 0 Å². The summed E-state index contributed by atoms with van der Waals surface area (Å²) in [5.41, 5.74) is 0.837. The number of alkyl halides is 1. The van der Waals surface area contributed by atoms with Crippen molar-refractivity contribution in [3.05, 3.63) is 42.5 Å². The molecule has 0 saturated heterocycles. The number of halogens is 1. The summed E-state index contributed by atoms with van der Waals surface area (Å²) >= 11 is 3.33. The van der Waals surface area contributed by atoms with Crippen molar-refractivity contribution in [1.82, 2.24) is 5.32 Å². The largest absolute Gasteiger partial charge is 0.338 e. The maximum atomic E-state index is 11.7. The van der Waals surface area contributed by atoms with Crippen LogP contribution in [0.4, 0.5) is 10.5 Å². The van der Waals surface area contributed by atoms with Crippen LogP contribution in [0.15, 0.2) is 42.5 Å². The van der Waals surface area contributed by atoms with Crippen molar-refractivity contribution >= 4 is 38.4 Å². The van der Waals surface area contributed by atoms with Crippen LogP contribution in [-0.4, -0.2) is 17.9 Å². The van der Waals surface area contributed by atoms with E-state index in [1.165, 1.54) is 0 Å². The summed E-state index contributed by atoms with van der Waals surface area (Å²) in [7, 11) is 0. The second-order valence-corrected chi connectivity index (χ2v) is 4.74. The fourth-order valence-electron chi connectivity index (χ4n) is 1.77. The van der Waals surface area contributed by atoms with Crippen molar-refractivity contribution in [2.75, 3.05) is 17.2 Å². The van der Waals surface area contributed by atoms with E-state index >= 15 is 0 Å². The van der Waals surface area contributed by atoms with E-state index in [9.17, 15) is 4.79 Å². The SMILES string of the molecule is O=C(NCCCBr)Nc1cccc2ccccc12. The van der Waals surface area contributed by atoms with Crippen LogP contribution >= 0.6 is 15.9 Å². The molecule has 0 heterocycles. The minimum atomic E-state index is -0.160. The molecule has 0 atom stereocenters. The predicted octanol–water partition coefficient (Wildman–Crippen LogP) is 3.75. The summed E-state index contributed by atoms with van der Waals surface area (Å²) in [6.45, 7) is 0.669. The first-order valence-electron chi connectivity index (χ1n) is 5.90. The van der Waals surface area contributed by atoms with E-state index in [0.717, 1.165) is 28.2 Å². The molecule has 2 aromatic rings. The Labute approximate surface area is 115 Å². The number of rotatable bonds is 4. The summed E-state index contributed by atoms with van der Waals surface area (Å²) in [5.74, 6) is 0. The van der Waals surface area contributed by atoms with E-state index in [0.29, 0.717) is 6.54 Å². The summed E-state index contributed by atoms with van der Waals surface area (Å²) in [4.78, 5) is 11.7. The van der Waals surface area contributed by atoms with Gasteiger partial charge in [-0.2, -0.15) is 0 Å². The summed E-state index contributed by atoms with van der Waals surface area (Å²) in [6, 6.07) is 13.7. The van der Waals surface area contributed by atoms with E-state index in [1.54, 1.807) is 0 Å². The van der Waals surface area contributed by atoms with Gasteiger partial charge in [-0.25, -0.2) is 4.79 Å². The van der Waals surface area contributed by atoms with Crippen LogP contribution in [0.1, 0.15) is 6.42 Å². The fraction of sp³-hybridized carbons (Fsp3) is 0.214. The normalized spacial score (nSPS) is 10.3. The highest BCUT2D eigenvalue weighted by molar-refractivity contribution is 9.09. The molecule has 0 unspecified atom stereocenters. The number of nitrogens with one attached hydrogen (secondary N) is 2. The summed E-state index contributed by atoms with van der Waals surface area (Å²) in [6.07, 6.45) is 0.920. The van der Waals surface area contributed by atoms with Gasteiger partial charge in [0, 0.05) is 17.3 Å². The minimum Gasteiger partial charge on any atom is -0.338 e. The number of carbonyl (C=O) groups is 1. The lowest BCUT2D eigenvalue weighted by atomic mass is 10.1. The van der Waals surface area contributed by atoms with Crippen LogP contribution < -0.4 is 10.6 Å². The Morgan fingerprint density at radius 1 is 1.11 bits per heavy atom. The zero-order valence-corrected chi connectivity index (χ0v) is 11.5. The molecule has 0 spiro atoms. The zero-order chi connectivity index (χ0) is 12.8. The lowest BCUT2D eigenvalue weighted by Gasteiger charge is -2.09. The molecule has 0 aliphatic heterocycles. The second-order valence-electron chi connectivity index (χ2n) is 3.95. The molecule has 2 rings (SSSR count). The van der Waals surface area contributed by atoms with E-state index in [2.05, 4.69) is 26.6 Å². The molecule has 0 bridgehead atoms. The topological polar surface area (TPSA) is 41.1 Å². The van der Waals surface area contributed by atoms with Gasteiger partial charge in [0.25, 0.3) is 0 Å². The Morgan fingerprint density at radius 3 is 2.72 bits per heavy atom. The number of urea groups is 1. The van der Waals surface area contributed by atoms with E-state index < -0.39 is 0 Å². The highest BCUT2D eigenvalue weighted by Gasteiger charge is 2.04. The zero-order valence-electron chi connectivity index (χ0n) is 9.95. The van der Waals surface area contributed by atoms with Crippen LogP contribution in [0.2, 0.25) is 0 Å². The smallest absolute Gasteiger partial charge is 0.319 e. The third-order valence-corrected chi connectivity index (χ3v) is 3.19. The molecule has 18 heavy (non-hydrogen) atoms. The van der Waals surface area contributed by atoms with Gasteiger partial charge in [-0.05, 0) is 17.9 Å². The molecular weight excluding hydrogens is 292 g/mol. The quantitative estimate of drug-likeness (QED) is 0.655. The van der Waals surface area contributed by atoms with Gasteiger partial charge >= 0.3 is 6.03 Å². The first-order chi connectivity index (χ1) is 8.81. The maximum absolute atomic E-state index is 11.7. The predicted molar refractivity (Wildman–Crippen MR) is 79.4 cm³/mol. The lowest BCUT2D eigenvalue weighted by Crippen LogP contribution is -2.29. The van der Waals surface area contributed by atoms with Gasteiger partial charge in [-0.3, -0.25) is 0 Å². The molecule has 2 amide bonds. The van der Waals surface area contributed by atoms with E-state index in [4.69, 9.17) is 0 Å². The van der Waals surface area contributed by atoms with Crippen molar-refractivity contribution < 1.29 is 4.79 Å². The monoisotopic (exact) mass is 306 g/mol. The molecule has 0 saturated carbocycles. The van der Waals surface area contributed by atoms with Crippen LogP contribution in [-0.2, 0) is 0 Å². The molecule has 4 heteroatoms. The van der Waals surface area contributed by atoms with Gasteiger partial charge < -0.3 is 10.6 Å².